The Hall–Kier alpha value is -2.49. The fraction of sp³-hybridized carbons (Fsp3) is 0.350. The second-order valence-electron chi connectivity index (χ2n) is 6.37. The van der Waals surface area contributed by atoms with Crippen molar-refractivity contribution in [3.63, 3.8) is 0 Å². The lowest BCUT2D eigenvalue weighted by Crippen LogP contribution is -2.32. The number of nitrogens with one attached hydrogen (secondary N) is 2. The predicted octanol–water partition coefficient (Wildman–Crippen LogP) is 2.20. The third kappa shape index (κ3) is 6.25. The van der Waals surface area contributed by atoms with Gasteiger partial charge in [0.1, 0.15) is 4.90 Å². The Labute approximate surface area is 181 Å². The maximum Gasteiger partial charge on any atom is 0.251 e. The van der Waals surface area contributed by atoms with Gasteiger partial charge in [0, 0.05) is 50.6 Å². The molecule has 0 saturated carbocycles. The summed E-state index contributed by atoms with van der Waals surface area (Å²) in [5, 5.41) is 5.43. The molecule has 2 rings (SSSR count). The molecule has 0 unspecified atom stereocenters. The molecule has 30 heavy (non-hydrogen) atoms. The molecule has 0 spiro atoms. The van der Waals surface area contributed by atoms with Gasteiger partial charge in [-0.05, 0) is 35.9 Å². The fourth-order valence-corrected chi connectivity index (χ4v) is 4.68. The zero-order valence-electron chi connectivity index (χ0n) is 16.9. The molecule has 0 fully saturated rings. The average Bonchev–Trinajstić information content (AvgIpc) is 2.73. The molecule has 1 aromatic carbocycles. The summed E-state index contributed by atoms with van der Waals surface area (Å²) in [6.07, 6.45) is 3.38. The van der Waals surface area contributed by atoms with Crippen molar-refractivity contribution in [2.45, 2.75) is 31.7 Å². The Balaban J connectivity index is 1.95. The van der Waals surface area contributed by atoms with Crippen molar-refractivity contribution < 1.29 is 18.0 Å². The number of rotatable bonds is 10. The van der Waals surface area contributed by atoms with Crippen LogP contribution in [0.5, 0.6) is 0 Å². The number of halogens is 1. The van der Waals surface area contributed by atoms with Gasteiger partial charge in [-0.2, -0.15) is 4.31 Å². The van der Waals surface area contributed by atoms with E-state index in [0.29, 0.717) is 19.6 Å². The third-order valence-electron chi connectivity index (χ3n) is 4.39. The van der Waals surface area contributed by atoms with Crippen LogP contribution in [0.1, 0.15) is 36.2 Å². The molecule has 0 atom stereocenters. The first-order chi connectivity index (χ1) is 14.3. The molecule has 0 bridgehead atoms. The molecule has 2 aromatic rings. The van der Waals surface area contributed by atoms with E-state index in [-0.39, 0.29) is 34.4 Å². The zero-order chi connectivity index (χ0) is 22.1. The quantitative estimate of drug-likeness (QED) is 0.574. The van der Waals surface area contributed by atoms with Gasteiger partial charge >= 0.3 is 0 Å². The number of hydrogen-bond acceptors (Lipinski definition) is 5. The van der Waals surface area contributed by atoms with E-state index in [2.05, 4.69) is 15.6 Å². The van der Waals surface area contributed by atoms with Crippen molar-refractivity contribution in [2.24, 2.45) is 0 Å². The summed E-state index contributed by atoms with van der Waals surface area (Å²) in [6, 6.07) is 7.68. The van der Waals surface area contributed by atoms with Gasteiger partial charge in [0.25, 0.3) is 5.91 Å². The van der Waals surface area contributed by atoms with Gasteiger partial charge in [0.15, 0.2) is 0 Å². The summed E-state index contributed by atoms with van der Waals surface area (Å²) in [5.41, 5.74) is 1.08. The van der Waals surface area contributed by atoms with Gasteiger partial charge in [-0.25, -0.2) is 8.42 Å². The fourth-order valence-electron chi connectivity index (χ4n) is 2.73. The monoisotopic (exact) mass is 452 g/mol. The maximum absolute atomic E-state index is 12.7. The maximum atomic E-state index is 12.7. The minimum absolute atomic E-state index is 0.0499. The van der Waals surface area contributed by atoms with E-state index in [0.717, 1.165) is 5.56 Å². The Bertz CT molecular complexity index is 980. The molecule has 0 radical (unpaired) electrons. The normalized spacial score (nSPS) is 11.3. The van der Waals surface area contributed by atoms with Gasteiger partial charge in [-0.1, -0.05) is 25.4 Å². The SMILES string of the molecule is CCN(CC)S(=O)(=O)c1cc(C(=O)NCCC(=O)NCc2ccncc2)ccc1Cl. The van der Waals surface area contributed by atoms with Gasteiger partial charge < -0.3 is 10.6 Å². The van der Waals surface area contributed by atoms with E-state index in [1.165, 1.54) is 22.5 Å². The van der Waals surface area contributed by atoms with Crippen molar-refractivity contribution in [1.82, 2.24) is 19.9 Å². The lowest BCUT2D eigenvalue weighted by Gasteiger charge is -2.19. The van der Waals surface area contributed by atoms with Crippen LogP contribution in [0.15, 0.2) is 47.6 Å². The minimum Gasteiger partial charge on any atom is -0.352 e. The summed E-state index contributed by atoms with van der Waals surface area (Å²) < 4.78 is 26.7. The topological polar surface area (TPSA) is 108 Å². The van der Waals surface area contributed by atoms with E-state index in [1.54, 1.807) is 38.4 Å². The Morgan fingerprint density at radius 2 is 1.73 bits per heavy atom. The Morgan fingerprint density at radius 3 is 2.37 bits per heavy atom. The lowest BCUT2D eigenvalue weighted by atomic mass is 10.2. The summed E-state index contributed by atoms with van der Waals surface area (Å²) >= 11 is 6.08. The van der Waals surface area contributed by atoms with Crippen LogP contribution < -0.4 is 10.6 Å². The van der Waals surface area contributed by atoms with Crippen molar-refractivity contribution in [3.05, 3.63) is 58.9 Å². The Morgan fingerprint density at radius 1 is 1.07 bits per heavy atom. The molecule has 0 aliphatic rings. The second kappa shape index (κ2) is 11.1. The molecule has 1 heterocycles. The van der Waals surface area contributed by atoms with Crippen LogP contribution in [0.2, 0.25) is 5.02 Å². The first kappa shape index (κ1) is 23.8. The first-order valence-electron chi connectivity index (χ1n) is 9.53. The predicted molar refractivity (Wildman–Crippen MR) is 115 cm³/mol. The summed E-state index contributed by atoms with van der Waals surface area (Å²) in [5.74, 6) is -0.697. The molecule has 1 aromatic heterocycles. The second-order valence-corrected chi connectivity index (χ2v) is 8.69. The average molecular weight is 453 g/mol. The highest BCUT2D eigenvalue weighted by molar-refractivity contribution is 7.89. The number of nitrogens with zero attached hydrogens (tertiary/aromatic N) is 2. The minimum atomic E-state index is -3.80. The molecule has 0 aliphatic carbocycles. The highest BCUT2D eigenvalue weighted by atomic mass is 35.5. The zero-order valence-corrected chi connectivity index (χ0v) is 18.5. The highest BCUT2D eigenvalue weighted by Gasteiger charge is 2.25. The van der Waals surface area contributed by atoms with E-state index >= 15 is 0 Å². The third-order valence-corrected chi connectivity index (χ3v) is 6.92. The number of aromatic nitrogens is 1. The van der Waals surface area contributed by atoms with Gasteiger partial charge in [0.2, 0.25) is 15.9 Å². The molecule has 2 amide bonds. The van der Waals surface area contributed by atoms with Gasteiger partial charge in [-0.3, -0.25) is 14.6 Å². The standard InChI is InChI=1S/C20H25ClN4O4S/c1-3-25(4-2)30(28,29)18-13-16(5-6-17(18)21)20(27)23-12-9-19(26)24-14-15-7-10-22-11-8-15/h5-8,10-11,13H,3-4,9,12,14H2,1-2H3,(H,23,27)(H,24,26). The molecular formula is C20H25ClN4O4S. The van der Waals surface area contributed by atoms with Crippen molar-refractivity contribution in [3.8, 4) is 0 Å². The molecule has 0 aliphatic heterocycles. The van der Waals surface area contributed by atoms with Crippen LogP contribution in [-0.2, 0) is 21.4 Å². The molecule has 2 N–H and O–H groups in total. The largest absolute Gasteiger partial charge is 0.352 e. The van der Waals surface area contributed by atoms with Crippen LogP contribution in [0, 0.1) is 0 Å². The molecule has 0 saturated heterocycles. The first-order valence-corrected chi connectivity index (χ1v) is 11.3. The van der Waals surface area contributed by atoms with Crippen LogP contribution in [0.3, 0.4) is 0 Å². The van der Waals surface area contributed by atoms with Gasteiger partial charge in [-0.15, -0.1) is 0 Å². The van der Waals surface area contributed by atoms with Crippen LogP contribution >= 0.6 is 11.6 Å². The number of benzene rings is 1. The smallest absolute Gasteiger partial charge is 0.251 e. The van der Waals surface area contributed by atoms with Crippen molar-refractivity contribution in [1.29, 1.82) is 0 Å². The van der Waals surface area contributed by atoms with Crippen LogP contribution in [-0.4, -0.2) is 49.2 Å². The molecular weight excluding hydrogens is 428 g/mol. The number of amides is 2. The molecule has 10 heteroatoms. The highest BCUT2D eigenvalue weighted by Crippen LogP contribution is 2.25. The number of pyridine rings is 1. The van der Waals surface area contributed by atoms with Crippen LogP contribution in [0.4, 0.5) is 0 Å². The number of sulfonamides is 1. The van der Waals surface area contributed by atoms with E-state index in [4.69, 9.17) is 11.6 Å². The van der Waals surface area contributed by atoms with Crippen molar-refractivity contribution in [2.75, 3.05) is 19.6 Å². The summed E-state index contributed by atoms with van der Waals surface area (Å²) in [6.45, 7) is 4.53. The van der Waals surface area contributed by atoms with E-state index in [9.17, 15) is 18.0 Å². The molecule has 8 nitrogen and oxygen atoms in total. The van der Waals surface area contributed by atoms with Crippen LogP contribution in [0.25, 0.3) is 0 Å². The van der Waals surface area contributed by atoms with Crippen molar-refractivity contribution >= 4 is 33.4 Å². The van der Waals surface area contributed by atoms with E-state index in [1.807, 2.05) is 0 Å². The van der Waals surface area contributed by atoms with Gasteiger partial charge in [0.05, 0.1) is 5.02 Å². The lowest BCUT2D eigenvalue weighted by molar-refractivity contribution is -0.121. The summed E-state index contributed by atoms with van der Waals surface area (Å²) in [4.78, 5) is 28.1. The number of hydrogen-bond donors (Lipinski definition) is 2. The molecule has 162 valence electrons. The van der Waals surface area contributed by atoms with E-state index < -0.39 is 15.9 Å². The number of carbonyl (C=O) groups is 2. The number of carbonyl (C=O) groups excluding carboxylic acids is 2. The Kier molecular flexibility index (Phi) is 8.76. The summed E-state index contributed by atoms with van der Waals surface area (Å²) in [7, 11) is -3.80.